The van der Waals surface area contributed by atoms with Gasteiger partial charge in [-0.2, -0.15) is 11.8 Å². The van der Waals surface area contributed by atoms with Gasteiger partial charge in [-0.15, -0.1) is 0 Å². The summed E-state index contributed by atoms with van der Waals surface area (Å²) in [6.45, 7) is 9.58. The lowest BCUT2D eigenvalue weighted by Crippen LogP contribution is -3.00. The molecule has 0 aliphatic heterocycles. The Morgan fingerprint density at radius 2 is 1.00 bits per heavy atom. The predicted octanol–water partition coefficient (Wildman–Crippen LogP) is -4.08. The normalized spacial score (nSPS) is 11.6. The third-order valence-corrected chi connectivity index (χ3v) is 4.34. The molecule has 5 heteroatoms. The molecule has 0 aliphatic carbocycles. The van der Waals surface area contributed by atoms with Crippen LogP contribution in [0.1, 0.15) is 13.8 Å². The fourth-order valence-electron chi connectivity index (χ4n) is 1.04. The van der Waals surface area contributed by atoms with Crippen LogP contribution in [-0.4, -0.2) is 74.8 Å². The number of thioether (sulfide) groups is 1. The second-order valence-electron chi connectivity index (χ2n) is 5.56. The summed E-state index contributed by atoms with van der Waals surface area (Å²) in [5, 5.41) is 0. The Balaban J connectivity index is -0.000000980. The lowest BCUT2D eigenvalue weighted by molar-refractivity contribution is -0.886. The van der Waals surface area contributed by atoms with Gasteiger partial charge in [-0.1, -0.05) is 0 Å². The smallest absolute Gasteiger partial charge is 0.0874 e. The van der Waals surface area contributed by atoms with Gasteiger partial charge in [0.1, 0.15) is 0 Å². The van der Waals surface area contributed by atoms with E-state index in [2.05, 4.69) is 53.8 Å². The van der Waals surface area contributed by atoms with Crippen molar-refractivity contribution in [1.29, 1.82) is 0 Å². The van der Waals surface area contributed by atoms with Gasteiger partial charge < -0.3 is 42.9 Å². The molecule has 0 atom stereocenters. The maximum absolute atomic E-state index is 2.31. The first-order valence-corrected chi connectivity index (χ1v) is 7.20. The molecule has 0 aromatic rings. The standard InChI is InChI=1S/C12H30N2S.2BrH/c1-7-13(3,4)9-11-15-12-10-14(5,6)8-2;;/h7-12H2,1-6H3;2*1H/q+2;;/p-2. The van der Waals surface area contributed by atoms with Gasteiger partial charge in [0, 0.05) is 11.5 Å². The molecule has 0 saturated heterocycles. The Bertz CT molecular complexity index is 158. The molecule has 2 nitrogen and oxygen atoms in total. The van der Waals surface area contributed by atoms with E-state index in [-0.39, 0.29) is 34.0 Å². The third-order valence-electron chi connectivity index (χ3n) is 3.39. The minimum atomic E-state index is 0. The molecule has 0 saturated carbocycles. The summed E-state index contributed by atoms with van der Waals surface area (Å²) < 4.78 is 2.30. The van der Waals surface area contributed by atoms with Crippen molar-refractivity contribution < 1.29 is 42.9 Å². The van der Waals surface area contributed by atoms with Crippen molar-refractivity contribution >= 4 is 11.8 Å². The Morgan fingerprint density at radius 1 is 0.706 bits per heavy atom. The third kappa shape index (κ3) is 13.5. The zero-order valence-electron chi connectivity index (χ0n) is 12.3. The summed E-state index contributed by atoms with van der Waals surface area (Å²) >= 11 is 2.11. The molecule has 0 amide bonds. The van der Waals surface area contributed by atoms with Gasteiger partial charge in [0.2, 0.25) is 0 Å². The number of hydrogen-bond donors (Lipinski definition) is 0. The van der Waals surface area contributed by atoms with E-state index in [9.17, 15) is 0 Å². The van der Waals surface area contributed by atoms with E-state index >= 15 is 0 Å². The molecule has 0 fully saturated rings. The van der Waals surface area contributed by atoms with Crippen LogP contribution >= 0.6 is 11.8 Å². The lowest BCUT2D eigenvalue weighted by atomic mass is 10.5. The first-order chi connectivity index (χ1) is 6.83. The summed E-state index contributed by atoms with van der Waals surface area (Å²) in [5.74, 6) is 2.59. The SMILES string of the molecule is CC[N+](C)(C)CCSCC[N+](C)(C)CC.[Br-].[Br-]. The van der Waals surface area contributed by atoms with Crippen LogP contribution in [0.5, 0.6) is 0 Å². The van der Waals surface area contributed by atoms with E-state index in [0.717, 1.165) is 8.97 Å². The quantitative estimate of drug-likeness (QED) is 0.298. The number of rotatable bonds is 8. The first kappa shape index (κ1) is 23.3. The molecule has 0 spiro atoms. The van der Waals surface area contributed by atoms with Crippen molar-refractivity contribution in [3.63, 3.8) is 0 Å². The van der Waals surface area contributed by atoms with E-state index in [0.29, 0.717) is 0 Å². The minimum absolute atomic E-state index is 0. The highest BCUT2D eigenvalue weighted by atomic mass is 79.9. The van der Waals surface area contributed by atoms with E-state index < -0.39 is 0 Å². The van der Waals surface area contributed by atoms with Gasteiger partial charge in [0.05, 0.1) is 54.4 Å². The molecular formula is C12H30Br2N2S. The average molecular weight is 394 g/mol. The molecule has 0 bridgehead atoms. The molecule has 0 rings (SSSR count). The Hall–Kier alpha value is 1.23. The highest BCUT2D eigenvalue weighted by molar-refractivity contribution is 7.99. The molecule has 17 heavy (non-hydrogen) atoms. The monoisotopic (exact) mass is 392 g/mol. The second-order valence-corrected chi connectivity index (χ2v) is 6.79. The fourth-order valence-corrected chi connectivity index (χ4v) is 2.49. The molecular weight excluding hydrogens is 364 g/mol. The van der Waals surface area contributed by atoms with Crippen LogP contribution in [-0.2, 0) is 0 Å². The Kier molecular flexibility index (Phi) is 15.2. The summed E-state index contributed by atoms with van der Waals surface area (Å²) in [5.41, 5.74) is 0. The van der Waals surface area contributed by atoms with Crippen LogP contribution in [0.25, 0.3) is 0 Å². The van der Waals surface area contributed by atoms with E-state index in [1.54, 1.807) is 0 Å². The topological polar surface area (TPSA) is 0 Å². The van der Waals surface area contributed by atoms with Gasteiger partial charge in [-0.25, -0.2) is 0 Å². The highest BCUT2D eigenvalue weighted by Crippen LogP contribution is 2.07. The molecule has 0 radical (unpaired) electrons. The van der Waals surface area contributed by atoms with Crippen molar-refractivity contribution in [2.75, 3.05) is 65.9 Å². The van der Waals surface area contributed by atoms with Crippen LogP contribution in [0, 0.1) is 0 Å². The summed E-state index contributed by atoms with van der Waals surface area (Å²) in [4.78, 5) is 0. The molecule has 0 aromatic carbocycles. The molecule has 0 aromatic heterocycles. The lowest BCUT2D eigenvalue weighted by Gasteiger charge is -2.29. The predicted molar refractivity (Wildman–Crippen MR) is 72.4 cm³/mol. The van der Waals surface area contributed by atoms with Gasteiger partial charge in [0.25, 0.3) is 0 Å². The van der Waals surface area contributed by atoms with Crippen LogP contribution in [0.3, 0.4) is 0 Å². The second kappa shape index (κ2) is 11.1. The van der Waals surface area contributed by atoms with Crippen molar-refractivity contribution in [3.05, 3.63) is 0 Å². The van der Waals surface area contributed by atoms with Gasteiger partial charge in [-0.05, 0) is 13.8 Å². The number of hydrogen-bond acceptors (Lipinski definition) is 1. The van der Waals surface area contributed by atoms with E-state index in [4.69, 9.17) is 0 Å². The number of halogens is 2. The van der Waals surface area contributed by atoms with Crippen LogP contribution in [0.2, 0.25) is 0 Å². The van der Waals surface area contributed by atoms with E-state index in [1.807, 2.05) is 0 Å². The molecule has 0 heterocycles. The van der Waals surface area contributed by atoms with Crippen molar-refractivity contribution in [2.45, 2.75) is 13.8 Å². The van der Waals surface area contributed by atoms with Crippen molar-refractivity contribution in [2.24, 2.45) is 0 Å². The zero-order chi connectivity index (χ0) is 11.9. The average Bonchev–Trinajstić information content (AvgIpc) is 2.17. The van der Waals surface area contributed by atoms with Crippen LogP contribution in [0.4, 0.5) is 0 Å². The van der Waals surface area contributed by atoms with Crippen molar-refractivity contribution in [3.8, 4) is 0 Å². The molecule has 0 N–H and O–H groups in total. The Labute approximate surface area is 134 Å². The molecule has 0 unspecified atom stereocenters. The summed E-state index contributed by atoms with van der Waals surface area (Å²) in [7, 11) is 9.25. The fraction of sp³-hybridized carbons (Fsp3) is 1.00. The van der Waals surface area contributed by atoms with Crippen LogP contribution in [0.15, 0.2) is 0 Å². The maximum Gasteiger partial charge on any atom is 0.0874 e. The minimum Gasteiger partial charge on any atom is -1.00 e. The number of quaternary nitrogens is 2. The largest absolute Gasteiger partial charge is 1.00 e. The zero-order valence-corrected chi connectivity index (χ0v) is 16.3. The van der Waals surface area contributed by atoms with Crippen molar-refractivity contribution in [1.82, 2.24) is 0 Å². The van der Waals surface area contributed by atoms with Gasteiger partial charge >= 0.3 is 0 Å². The molecule has 0 aliphatic rings. The molecule has 108 valence electrons. The summed E-state index contributed by atoms with van der Waals surface area (Å²) in [6, 6.07) is 0. The highest BCUT2D eigenvalue weighted by Gasteiger charge is 2.13. The van der Waals surface area contributed by atoms with E-state index in [1.165, 1.54) is 37.7 Å². The number of nitrogens with zero attached hydrogens (tertiary/aromatic N) is 2. The maximum atomic E-state index is 2.31. The van der Waals surface area contributed by atoms with Gasteiger partial charge in [-0.3, -0.25) is 0 Å². The Morgan fingerprint density at radius 3 is 1.24 bits per heavy atom. The van der Waals surface area contributed by atoms with Crippen LogP contribution < -0.4 is 34.0 Å². The van der Waals surface area contributed by atoms with Gasteiger partial charge in [0.15, 0.2) is 0 Å². The summed E-state index contributed by atoms with van der Waals surface area (Å²) in [6.07, 6.45) is 0. The first-order valence-electron chi connectivity index (χ1n) is 6.05.